The number of carbonyl (C=O) groups is 2. The van der Waals surface area contributed by atoms with Gasteiger partial charge >= 0.3 is 11.9 Å². The maximum atomic E-state index is 12.1. The predicted molar refractivity (Wildman–Crippen MR) is 85.1 cm³/mol. The van der Waals surface area contributed by atoms with Crippen molar-refractivity contribution in [2.24, 2.45) is 0 Å². The van der Waals surface area contributed by atoms with Crippen LogP contribution in [0.2, 0.25) is 0 Å². The number of aryl methyl sites for hydroxylation is 1. The molecule has 0 fully saturated rings. The molecule has 2 aromatic carbocycles. The molecule has 2 rings (SSSR count). The highest BCUT2D eigenvalue weighted by Gasteiger charge is 2.11. The molecular formula is C18H18O5. The zero-order valence-corrected chi connectivity index (χ0v) is 13.3. The van der Waals surface area contributed by atoms with Crippen molar-refractivity contribution in [1.82, 2.24) is 0 Å². The number of carbonyl (C=O) groups excluding carboxylic acids is 2. The van der Waals surface area contributed by atoms with Gasteiger partial charge in [0.15, 0.2) is 0 Å². The van der Waals surface area contributed by atoms with Gasteiger partial charge in [-0.05, 0) is 61.9 Å². The highest BCUT2D eigenvalue weighted by Crippen LogP contribution is 2.24. The second kappa shape index (κ2) is 7.45. The molecule has 0 heterocycles. The molecule has 0 radical (unpaired) electrons. The summed E-state index contributed by atoms with van der Waals surface area (Å²) in [4.78, 5) is 23.1. The smallest absolute Gasteiger partial charge is 0.343 e. The second-order valence-electron chi connectivity index (χ2n) is 4.87. The van der Waals surface area contributed by atoms with Crippen LogP contribution in [0.3, 0.4) is 0 Å². The van der Waals surface area contributed by atoms with Gasteiger partial charge in [0.05, 0.1) is 12.2 Å². The molecule has 0 aliphatic rings. The van der Waals surface area contributed by atoms with E-state index < -0.39 is 11.9 Å². The van der Waals surface area contributed by atoms with Gasteiger partial charge in [-0.2, -0.15) is 0 Å². The van der Waals surface area contributed by atoms with E-state index >= 15 is 0 Å². The van der Waals surface area contributed by atoms with Crippen LogP contribution < -0.4 is 14.2 Å². The largest absolute Gasteiger partial charge is 0.494 e. The van der Waals surface area contributed by atoms with E-state index in [1.807, 2.05) is 6.92 Å². The van der Waals surface area contributed by atoms with E-state index in [-0.39, 0.29) is 0 Å². The zero-order chi connectivity index (χ0) is 16.8. The van der Waals surface area contributed by atoms with Gasteiger partial charge in [-0.3, -0.25) is 4.79 Å². The lowest BCUT2D eigenvalue weighted by molar-refractivity contribution is -0.131. The van der Waals surface area contributed by atoms with Crippen molar-refractivity contribution in [3.8, 4) is 17.2 Å². The molecule has 23 heavy (non-hydrogen) atoms. The Morgan fingerprint density at radius 1 is 0.957 bits per heavy atom. The molecule has 120 valence electrons. The van der Waals surface area contributed by atoms with Crippen LogP contribution in [-0.4, -0.2) is 18.5 Å². The highest BCUT2D eigenvalue weighted by molar-refractivity contribution is 5.91. The minimum atomic E-state index is -0.465. The number of esters is 2. The summed E-state index contributed by atoms with van der Waals surface area (Å²) in [6, 6.07) is 11.5. The number of benzene rings is 2. The summed E-state index contributed by atoms with van der Waals surface area (Å²) in [5.41, 5.74) is 1.13. The normalized spacial score (nSPS) is 10.0. The fraction of sp³-hybridized carbons (Fsp3) is 0.222. The maximum Gasteiger partial charge on any atom is 0.343 e. The molecule has 0 saturated heterocycles. The molecular weight excluding hydrogens is 296 g/mol. The summed E-state index contributed by atoms with van der Waals surface area (Å²) in [6.07, 6.45) is 0. The molecule has 0 saturated carbocycles. The molecule has 0 aliphatic heterocycles. The third kappa shape index (κ3) is 4.57. The molecule has 5 heteroatoms. The van der Waals surface area contributed by atoms with Crippen LogP contribution in [0.4, 0.5) is 0 Å². The van der Waals surface area contributed by atoms with E-state index in [9.17, 15) is 9.59 Å². The van der Waals surface area contributed by atoms with E-state index in [1.165, 1.54) is 6.92 Å². The lowest BCUT2D eigenvalue weighted by Crippen LogP contribution is -2.09. The average molecular weight is 314 g/mol. The monoisotopic (exact) mass is 314 g/mol. The van der Waals surface area contributed by atoms with Crippen molar-refractivity contribution in [2.45, 2.75) is 20.8 Å². The number of ether oxygens (including phenoxy) is 3. The Morgan fingerprint density at radius 2 is 1.61 bits per heavy atom. The van der Waals surface area contributed by atoms with E-state index in [0.717, 1.165) is 0 Å². The highest BCUT2D eigenvalue weighted by atomic mass is 16.5. The van der Waals surface area contributed by atoms with Crippen molar-refractivity contribution in [3.05, 3.63) is 53.6 Å². The van der Waals surface area contributed by atoms with Crippen molar-refractivity contribution < 1.29 is 23.8 Å². The molecule has 0 spiro atoms. The van der Waals surface area contributed by atoms with Crippen molar-refractivity contribution in [1.29, 1.82) is 0 Å². The summed E-state index contributed by atoms with van der Waals surface area (Å²) >= 11 is 0. The first-order valence-electron chi connectivity index (χ1n) is 7.23. The molecule has 0 bridgehead atoms. The molecule has 0 amide bonds. The Kier molecular flexibility index (Phi) is 5.36. The number of hydrogen-bond donors (Lipinski definition) is 0. The zero-order valence-electron chi connectivity index (χ0n) is 13.3. The molecule has 0 unspecified atom stereocenters. The topological polar surface area (TPSA) is 61.8 Å². The summed E-state index contributed by atoms with van der Waals surface area (Å²) in [6.45, 7) is 5.56. The standard InChI is InChI=1S/C18H18O5/c1-4-21-15-7-5-14(6-8-15)18(20)23-16-9-10-17(12(2)11-16)22-13(3)19/h5-11H,4H2,1-3H3. The molecule has 5 nitrogen and oxygen atoms in total. The van der Waals surface area contributed by atoms with Crippen molar-refractivity contribution in [3.63, 3.8) is 0 Å². The van der Waals surface area contributed by atoms with E-state index in [1.54, 1.807) is 49.4 Å². The summed E-state index contributed by atoms with van der Waals surface area (Å²) in [7, 11) is 0. The first kappa shape index (κ1) is 16.5. The number of hydrogen-bond acceptors (Lipinski definition) is 5. The summed E-state index contributed by atoms with van der Waals surface area (Å²) < 4.78 is 15.7. The first-order valence-corrected chi connectivity index (χ1v) is 7.23. The molecule has 2 aromatic rings. The summed E-state index contributed by atoms with van der Waals surface area (Å²) in [5.74, 6) is 0.668. The van der Waals surface area contributed by atoms with Gasteiger partial charge in [-0.25, -0.2) is 4.79 Å². The molecule has 0 aliphatic carbocycles. The lowest BCUT2D eigenvalue weighted by Gasteiger charge is -2.09. The molecule has 0 aromatic heterocycles. The Bertz CT molecular complexity index is 704. The minimum absolute atomic E-state index is 0.386. The van der Waals surface area contributed by atoms with Crippen LogP contribution in [-0.2, 0) is 4.79 Å². The van der Waals surface area contributed by atoms with Gasteiger partial charge in [0.2, 0.25) is 0 Å². The Balaban J connectivity index is 2.07. The molecule has 0 atom stereocenters. The Morgan fingerprint density at radius 3 is 2.17 bits per heavy atom. The van der Waals surface area contributed by atoms with Gasteiger partial charge in [-0.15, -0.1) is 0 Å². The summed E-state index contributed by atoms with van der Waals surface area (Å²) in [5, 5.41) is 0. The minimum Gasteiger partial charge on any atom is -0.494 e. The predicted octanol–water partition coefficient (Wildman–Crippen LogP) is 3.54. The fourth-order valence-electron chi connectivity index (χ4n) is 1.97. The van der Waals surface area contributed by atoms with Crippen LogP contribution in [0.1, 0.15) is 29.8 Å². The average Bonchev–Trinajstić information content (AvgIpc) is 2.50. The van der Waals surface area contributed by atoms with Gasteiger partial charge < -0.3 is 14.2 Å². The van der Waals surface area contributed by atoms with Crippen LogP contribution >= 0.6 is 0 Å². The van der Waals surface area contributed by atoms with Crippen LogP contribution in [0.25, 0.3) is 0 Å². The van der Waals surface area contributed by atoms with Crippen LogP contribution in [0.15, 0.2) is 42.5 Å². The third-order valence-electron chi connectivity index (χ3n) is 3.01. The van der Waals surface area contributed by atoms with Crippen LogP contribution in [0, 0.1) is 6.92 Å². The Hall–Kier alpha value is -2.82. The maximum absolute atomic E-state index is 12.1. The van der Waals surface area contributed by atoms with Gasteiger partial charge in [0.25, 0.3) is 0 Å². The van der Waals surface area contributed by atoms with Crippen molar-refractivity contribution in [2.75, 3.05) is 6.61 Å². The van der Waals surface area contributed by atoms with Gasteiger partial charge in [0.1, 0.15) is 17.2 Å². The van der Waals surface area contributed by atoms with Crippen molar-refractivity contribution >= 4 is 11.9 Å². The van der Waals surface area contributed by atoms with Gasteiger partial charge in [-0.1, -0.05) is 0 Å². The third-order valence-corrected chi connectivity index (χ3v) is 3.01. The quantitative estimate of drug-likeness (QED) is 0.624. The van der Waals surface area contributed by atoms with E-state index in [4.69, 9.17) is 14.2 Å². The Labute approximate surface area is 134 Å². The lowest BCUT2D eigenvalue weighted by atomic mass is 10.2. The van der Waals surface area contributed by atoms with Gasteiger partial charge in [0, 0.05) is 6.92 Å². The fourth-order valence-corrected chi connectivity index (χ4v) is 1.97. The molecule has 0 N–H and O–H groups in total. The number of rotatable bonds is 5. The first-order chi connectivity index (χ1) is 11.0. The second-order valence-corrected chi connectivity index (χ2v) is 4.87. The SMILES string of the molecule is CCOc1ccc(C(=O)Oc2ccc(OC(C)=O)c(C)c2)cc1. The van der Waals surface area contributed by atoms with E-state index in [0.29, 0.717) is 35.0 Å². The van der Waals surface area contributed by atoms with E-state index in [2.05, 4.69) is 0 Å². The van der Waals surface area contributed by atoms with Crippen LogP contribution in [0.5, 0.6) is 17.2 Å².